The lowest BCUT2D eigenvalue weighted by atomic mass is 10.1. The highest BCUT2D eigenvalue weighted by Crippen LogP contribution is 2.29. The van der Waals surface area contributed by atoms with E-state index in [0.717, 1.165) is 36.7 Å². The first-order valence-corrected chi connectivity index (χ1v) is 9.71. The Morgan fingerprint density at radius 3 is 2.45 bits per heavy atom. The molecule has 0 aromatic heterocycles. The van der Waals surface area contributed by atoms with Gasteiger partial charge in [0.05, 0.1) is 7.11 Å². The molecule has 1 aliphatic heterocycles. The molecule has 0 unspecified atom stereocenters. The van der Waals surface area contributed by atoms with Gasteiger partial charge in [0.15, 0.2) is 18.1 Å². The van der Waals surface area contributed by atoms with Crippen molar-refractivity contribution >= 4 is 28.8 Å². The second-order valence-corrected chi connectivity index (χ2v) is 7.19. The number of thiocarbonyl (C=S) groups is 1. The first-order chi connectivity index (χ1) is 14.0. The summed E-state index contributed by atoms with van der Waals surface area (Å²) in [6.45, 7) is 3.53. The van der Waals surface area contributed by atoms with E-state index in [4.69, 9.17) is 21.7 Å². The van der Waals surface area contributed by atoms with E-state index in [2.05, 4.69) is 22.2 Å². The van der Waals surface area contributed by atoms with Crippen molar-refractivity contribution in [3.05, 3.63) is 53.8 Å². The van der Waals surface area contributed by atoms with Crippen molar-refractivity contribution in [3.8, 4) is 11.5 Å². The molecule has 0 aliphatic carbocycles. The SMILES string of the molecule is COc1cc(C(=S)N2CCN(C)CC2)ccc1OCC(=O)Nc1ccc(F)cc1. The van der Waals surface area contributed by atoms with Crippen molar-refractivity contribution in [1.29, 1.82) is 0 Å². The molecule has 2 aromatic rings. The molecule has 1 saturated heterocycles. The van der Waals surface area contributed by atoms with Crippen LogP contribution in [0.15, 0.2) is 42.5 Å². The molecule has 29 heavy (non-hydrogen) atoms. The van der Waals surface area contributed by atoms with Crippen LogP contribution in [0.2, 0.25) is 0 Å². The molecular weight excluding hydrogens is 393 g/mol. The summed E-state index contributed by atoms with van der Waals surface area (Å²) in [6, 6.07) is 11.0. The second kappa shape index (κ2) is 9.67. The number of nitrogens with one attached hydrogen (secondary N) is 1. The van der Waals surface area contributed by atoms with E-state index in [1.807, 2.05) is 12.1 Å². The summed E-state index contributed by atoms with van der Waals surface area (Å²) in [4.78, 5) is 17.3. The number of nitrogens with zero attached hydrogens (tertiary/aromatic N) is 2. The van der Waals surface area contributed by atoms with Crippen molar-refractivity contribution < 1.29 is 18.7 Å². The molecule has 2 aromatic carbocycles. The van der Waals surface area contributed by atoms with Crippen LogP contribution in [-0.2, 0) is 4.79 Å². The third kappa shape index (κ3) is 5.65. The van der Waals surface area contributed by atoms with Crippen LogP contribution >= 0.6 is 12.2 Å². The fraction of sp³-hybridized carbons (Fsp3) is 0.333. The summed E-state index contributed by atoms with van der Waals surface area (Å²) in [7, 11) is 3.64. The number of benzene rings is 2. The normalized spacial score (nSPS) is 14.4. The third-order valence-corrected chi connectivity index (χ3v) is 5.18. The maximum atomic E-state index is 12.9. The van der Waals surface area contributed by atoms with Gasteiger partial charge in [-0.3, -0.25) is 4.79 Å². The number of halogens is 1. The molecule has 1 heterocycles. The number of likely N-dealkylation sites (N-methyl/N-ethyl adjacent to an activating group) is 1. The lowest BCUT2D eigenvalue weighted by Crippen LogP contribution is -2.46. The highest BCUT2D eigenvalue weighted by molar-refractivity contribution is 7.80. The van der Waals surface area contributed by atoms with Crippen LogP contribution in [0.5, 0.6) is 11.5 Å². The predicted molar refractivity (Wildman–Crippen MR) is 114 cm³/mol. The predicted octanol–water partition coefficient (Wildman–Crippen LogP) is 2.77. The standard InChI is InChI=1S/C21H24FN3O3S/c1-24-9-11-25(12-10-24)21(29)15-3-8-18(19(13-15)27-2)28-14-20(26)23-17-6-4-16(22)5-7-17/h3-8,13H,9-12,14H2,1-2H3,(H,23,26). The van der Waals surface area contributed by atoms with Gasteiger partial charge in [-0.1, -0.05) is 12.2 Å². The first kappa shape index (κ1) is 21.0. The summed E-state index contributed by atoms with van der Waals surface area (Å²) in [5.74, 6) is 0.245. The summed E-state index contributed by atoms with van der Waals surface area (Å²) < 4.78 is 24.0. The fourth-order valence-corrected chi connectivity index (χ4v) is 3.30. The monoisotopic (exact) mass is 417 g/mol. The Kier molecular flexibility index (Phi) is 7.00. The quantitative estimate of drug-likeness (QED) is 0.730. The molecule has 3 rings (SSSR count). The Morgan fingerprint density at radius 2 is 1.79 bits per heavy atom. The molecule has 1 aliphatic rings. The molecule has 0 bridgehead atoms. The lowest BCUT2D eigenvalue weighted by Gasteiger charge is -2.34. The van der Waals surface area contributed by atoms with Gasteiger partial charge in [-0.15, -0.1) is 0 Å². The maximum absolute atomic E-state index is 12.9. The summed E-state index contributed by atoms with van der Waals surface area (Å²) >= 11 is 5.64. The number of rotatable bonds is 6. The second-order valence-electron chi connectivity index (χ2n) is 6.80. The molecule has 6 nitrogen and oxygen atoms in total. The van der Waals surface area contributed by atoms with Crippen LogP contribution in [0.25, 0.3) is 0 Å². The van der Waals surface area contributed by atoms with Gasteiger partial charge in [0, 0.05) is 37.4 Å². The minimum atomic E-state index is -0.362. The fourth-order valence-electron chi connectivity index (χ4n) is 2.99. The third-order valence-electron chi connectivity index (χ3n) is 4.69. The van der Waals surface area contributed by atoms with E-state index in [-0.39, 0.29) is 18.3 Å². The van der Waals surface area contributed by atoms with Crippen LogP contribution < -0.4 is 14.8 Å². The molecule has 1 fully saturated rings. The van der Waals surface area contributed by atoms with Gasteiger partial charge < -0.3 is 24.6 Å². The number of ether oxygens (including phenoxy) is 2. The summed E-state index contributed by atoms with van der Waals surface area (Å²) in [5.41, 5.74) is 1.38. The molecular formula is C21H24FN3O3S. The van der Waals surface area contributed by atoms with Crippen molar-refractivity contribution in [3.63, 3.8) is 0 Å². The molecule has 0 atom stereocenters. The Morgan fingerprint density at radius 1 is 1.10 bits per heavy atom. The summed E-state index contributed by atoms with van der Waals surface area (Å²) in [5, 5.41) is 2.65. The van der Waals surface area contributed by atoms with Gasteiger partial charge in [0.1, 0.15) is 10.8 Å². The average molecular weight is 418 g/mol. The van der Waals surface area contributed by atoms with Crippen molar-refractivity contribution in [2.75, 3.05) is 52.3 Å². The van der Waals surface area contributed by atoms with Gasteiger partial charge in [-0.05, 0) is 49.5 Å². The summed E-state index contributed by atoms with van der Waals surface area (Å²) in [6.07, 6.45) is 0. The first-order valence-electron chi connectivity index (χ1n) is 9.30. The van der Waals surface area contributed by atoms with E-state index in [1.54, 1.807) is 13.2 Å². The van der Waals surface area contributed by atoms with Gasteiger partial charge >= 0.3 is 0 Å². The van der Waals surface area contributed by atoms with Gasteiger partial charge in [-0.2, -0.15) is 0 Å². The van der Waals surface area contributed by atoms with Crippen molar-refractivity contribution in [2.24, 2.45) is 0 Å². The number of hydrogen-bond acceptors (Lipinski definition) is 5. The van der Waals surface area contributed by atoms with E-state index in [1.165, 1.54) is 24.3 Å². The molecule has 1 amide bonds. The number of amides is 1. The van der Waals surface area contributed by atoms with Gasteiger partial charge in [0.25, 0.3) is 5.91 Å². The number of piperazine rings is 1. The molecule has 0 spiro atoms. The zero-order chi connectivity index (χ0) is 20.8. The number of carbonyl (C=O) groups is 1. The largest absolute Gasteiger partial charge is 0.493 e. The molecule has 154 valence electrons. The molecule has 0 saturated carbocycles. The van der Waals surface area contributed by atoms with Crippen LogP contribution in [-0.4, -0.2) is 67.6 Å². The van der Waals surface area contributed by atoms with Gasteiger partial charge in [-0.25, -0.2) is 4.39 Å². The zero-order valence-electron chi connectivity index (χ0n) is 16.5. The molecule has 0 radical (unpaired) electrons. The number of hydrogen-bond donors (Lipinski definition) is 1. The van der Waals surface area contributed by atoms with Crippen LogP contribution in [0.1, 0.15) is 5.56 Å². The van der Waals surface area contributed by atoms with E-state index < -0.39 is 0 Å². The Balaban J connectivity index is 1.60. The lowest BCUT2D eigenvalue weighted by molar-refractivity contribution is -0.118. The minimum Gasteiger partial charge on any atom is -0.493 e. The Labute approximate surface area is 175 Å². The smallest absolute Gasteiger partial charge is 0.262 e. The van der Waals surface area contributed by atoms with Crippen LogP contribution in [0.3, 0.4) is 0 Å². The Bertz CT molecular complexity index is 868. The molecule has 1 N–H and O–H groups in total. The van der Waals surface area contributed by atoms with E-state index in [9.17, 15) is 9.18 Å². The van der Waals surface area contributed by atoms with Crippen molar-refractivity contribution in [1.82, 2.24) is 9.80 Å². The van der Waals surface area contributed by atoms with Crippen LogP contribution in [0.4, 0.5) is 10.1 Å². The topological polar surface area (TPSA) is 54.0 Å². The highest BCUT2D eigenvalue weighted by atomic mass is 32.1. The van der Waals surface area contributed by atoms with Crippen molar-refractivity contribution in [2.45, 2.75) is 0 Å². The number of methoxy groups -OCH3 is 1. The highest BCUT2D eigenvalue weighted by Gasteiger charge is 2.19. The Hall–Kier alpha value is -2.71. The van der Waals surface area contributed by atoms with E-state index >= 15 is 0 Å². The number of anilines is 1. The van der Waals surface area contributed by atoms with Crippen LogP contribution in [0, 0.1) is 5.82 Å². The number of carbonyl (C=O) groups excluding carboxylic acids is 1. The zero-order valence-corrected chi connectivity index (χ0v) is 17.3. The maximum Gasteiger partial charge on any atom is 0.262 e. The van der Waals surface area contributed by atoms with E-state index in [0.29, 0.717) is 17.2 Å². The minimum absolute atomic E-state index is 0.198. The molecule has 8 heteroatoms. The average Bonchev–Trinajstić information content (AvgIpc) is 2.74. The van der Waals surface area contributed by atoms with Gasteiger partial charge in [0.2, 0.25) is 0 Å².